The van der Waals surface area contributed by atoms with Crippen molar-refractivity contribution in [3.63, 3.8) is 0 Å². The number of nitrogens with two attached hydrogens (primary N) is 1. The van der Waals surface area contributed by atoms with Crippen LogP contribution in [0, 0.1) is 11.8 Å². The second-order valence-corrected chi connectivity index (χ2v) is 6.34. The van der Waals surface area contributed by atoms with Crippen molar-refractivity contribution >= 4 is 0 Å². The van der Waals surface area contributed by atoms with Gasteiger partial charge in [-0.05, 0) is 50.3 Å². The smallest absolute Gasteiger partial charge is 0.0416 e. The molecule has 0 aromatic carbocycles. The second kappa shape index (κ2) is 7.75. The SMILES string of the molecule is CCC1CCC(N)C(CN(C)CCc2ccccn2)C1. The van der Waals surface area contributed by atoms with Crippen molar-refractivity contribution in [3.8, 4) is 0 Å². The van der Waals surface area contributed by atoms with Gasteiger partial charge < -0.3 is 10.6 Å². The normalized spacial score (nSPS) is 26.9. The minimum absolute atomic E-state index is 0.398. The molecule has 1 aliphatic rings. The highest BCUT2D eigenvalue weighted by molar-refractivity contribution is 5.03. The second-order valence-electron chi connectivity index (χ2n) is 6.34. The summed E-state index contributed by atoms with van der Waals surface area (Å²) in [7, 11) is 2.21. The third kappa shape index (κ3) is 4.57. The van der Waals surface area contributed by atoms with E-state index in [0.717, 1.165) is 25.4 Å². The van der Waals surface area contributed by atoms with Crippen LogP contribution in [0.5, 0.6) is 0 Å². The maximum Gasteiger partial charge on any atom is 0.0416 e. The van der Waals surface area contributed by atoms with Crippen LogP contribution < -0.4 is 5.73 Å². The van der Waals surface area contributed by atoms with Crippen molar-refractivity contribution in [1.82, 2.24) is 9.88 Å². The van der Waals surface area contributed by atoms with Crippen LogP contribution in [0.4, 0.5) is 0 Å². The van der Waals surface area contributed by atoms with Gasteiger partial charge in [0.15, 0.2) is 0 Å². The van der Waals surface area contributed by atoms with Crippen molar-refractivity contribution < 1.29 is 0 Å². The molecule has 1 heterocycles. The molecule has 20 heavy (non-hydrogen) atoms. The molecule has 1 aliphatic carbocycles. The summed E-state index contributed by atoms with van der Waals surface area (Å²) >= 11 is 0. The summed E-state index contributed by atoms with van der Waals surface area (Å²) in [6, 6.07) is 6.53. The Morgan fingerprint density at radius 1 is 1.35 bits per heavy atom. The van der Waals surface area contributed by atoms with Gasteiger partial charge in [-0.25, -0.2) is 0 Å². The summed E-state index contributed by atoms with van der Waals surface area (Å²) in [5, 5.41) is 0. The van der Waals surface area contributed by atoms with Gasteiger partial charge in [-0.15, -0.1) is 0 Å². The quantitative estimate of drug-likeness (QED) is 0.868. The van der Waals surface area contributed by atoms with Crippen molar-refractivity contribution in [2.24, 2.45) is 17.6 Å². The summed E-state index contributed by atoms with van der Waals surface area (Å²) in [6.45, 7) is 4.50. The van der Waals surface area contributed by atoms with Gasteiger partial charge in [-0.3, -0.25) is 4.98 Å². The fraction of sp³-hybridized carbons (Fsp3) is 0.706. The van der Waals surface area contributed by atoms with E-state index in [1.807, 2.05) is 12.3 Å². The molecular formula is C17H29N3. The molecule has 0 bridgehead atoms. The van der Waals surface area contributed by atoms with Crippen LogP contribution in [-0.2, 0) is 6.42 Å². The zero-order valence-corrected chi connectivity index (χ0v) is 13.0. The van der Waals surface area contributed by atoms with E-state index in [1.165, 1.54) is 31.4 Å². The van der Waals surface area contributed by atoms with Gasteiger partial charge >= 0.3 is 0 Å². The highest BCUT2D eigenvalue weighted by Crippen LogP contribution is 2.30. The van der Waals surface area contributed by atoms with Gasteiger partial charge in [0.2, 0.25) is 0 Å². The lowest BCUT2D eigenvalue weighted by molar-refractivity contribution is 0.172. The van der Waals surface area contributed by atoms with E-state index < -0.39 is 0 Å². The molecule has 112 valence electrons. The lowest BCUT2D eigenvalue weighted by Crippen LogP contribution is -2.42. The predicted molar refractivity (Wildman–Crippen MR) is 84.5 cm³/mol. The van der Waals surface area contributed by atoms with Crippen molar-refractivity contribution in [2.45, 2.75) is 45.1 Å². The molecule has 0 radical (unpaired) electrons. The molecule has 2 rings (SSSR count). The number of hydrogen-bond donors (Lipinski definition) is 1. The van der Waals surface area contributed by atoms with E-state index in [2.05, 4.69) is 36.0 Å². The van der Waals surface area contributed by atoms with E-state index in [9.17, 15) is 0 Å². The Balaban J connectivity index is 1.77. The number of pyridine rings is 1. The molecule has 0 aliphatic heterocycles. The first-order chi connectivity index (χ1) is 9.69. The minimum Gasteiger partial charge on any atom is -0.327 e. The number of rotatable bonds is 6. The fourth-order valence-electron chi connectivity index (χ4n) is 3.31. The van der Waals surface area contributed by atoms with Crippen molar-refractivity contribution in [1.29, 1.82) is 0 Å². The van der Waals surface area contributed by atoms with Gasteiger partial charge in [0, 0.05) is 37.4 Å². The standard InChI is InChI=1S/C17H29N3/c1-3-14-7-8-17(18)15(12-14)13-20(2)11-9-16-6-4-5-10-19-16/h4-6,10,14-15,17H,3,7-9,11-13,18H2,1-2H3. The Morgan fingerprint density at radius 3 is 2.90 bits per heavy atom. The van der Waals surface area contributed by atoms with Crippen LogP contribution in [0.3, 0.4) is 0 Å². The molecule has 1 fully saturated rings. The highest BCUT2D eigenvalue weighted by Gasteiger charge is 2.27. The Labute approximate surface area is 123 Å². The number of nitrogens with zero attached hydrogens (tertiary/aromatic N) is 2. The Bertz CT molecular complexity index is 379. The van der Waals surface area contributed by atoms with E-state index >= 15 is 0 Å². The van der Waals surface area contributed by atoms with Crippen LogP contribution >= 0.6 is 0 Å². The molecule has 2 N–H and O–H groups in total. The molecule has 1 saturated carbocycles. The first kappa shape index (κ1) is 15.5. The van der Waals surface area contributed by atoms with E-state index in [4.69, 9.17) is 5.73 Å². The lowest BCUT2D eigenvalue weighted by Gasteiger charge is -2.36. The zero-order valence-electron chi connectivity index (χ0n) is 13.0. The van der Waals surface area contributed by atoms with Gasteiger partial charge in [0.05, 0.1) is 0 Å². The molecule has 3 heteroatoms. The molecule has 0 amide bonds. The Kier molecular flexibility index (Phi) is 5.99. The van der Waals surface area contributed by atoms with Gasteiger partial charge in [-0.2, -0.15) is 0 Å². The highest BCUT2D eigenvalue weighted by atomic mass is 15.1. The third-order valence-electron chi connectivity index (χ3n) is 4.75. The zero-order chi connectivity index (χ0) is 14.4. The largest absolute Gasteiger partial charge is 0.327 e. The molecule has 3 atom stereocenters. The van der Waals surface area contributed by atoms with Crippen LogP contribution in [0.1, 0.15) is 38.3 Å². The summed E-state index contributed by atoms with van der Waals surface area (Å²) in [6.07, 6.45) is 8.05. The molecule has 1 aromatic rings. The number of likely N-dealkylation sites (N-methyl/N-ethyl adjacent to an activating group) is 1. The molecule has 1 aromatic heterocycles. The molecule has 0 saturated heterocycles. The van der Waals surface area contributed by atoms with E-state index in [1.54, 1.807) is 0 Å². The Hall–Kier alpha value is -0.930. The molecule has 0 spiro atoms. The molecule has 3 unspecified atom stereocenters. The summed E-state index contributed by atoms with van der Waals surface area (Å²) in [5.74, 6) is 1.56. The topological polar surface area (TPSA) is 42.1 Å². The summed E-state index contributed by atoms with van der Waals surface area (Å²) in [4.78, 5) is 6.81. The number of aromatic nitrogens is 1. The lowest BCUT2D eigenvalue weighted by atomic mass is 9.77. The minimum atomic E-state index is 0.398. The van der Waals surface area contributed by atoms with Crippen LogP contribution in [-0.4, -0.2) is 36.1 Å². The maximum absolute atomic E-state index is 6.31. The summed E-state index contributed by atoms with van der Waals surface area (Å²) < 4.78 is 0. The van der Waals surface area contributed by atoms with Crippen LogP contribution in [0.25, 0.3) is 0 Å². The van der Waals surface area contributed by atoms with Crippen molar-refractivity contribution in [3.05, 3.63) is 30.1 Å². The first-order valence-electron chi connectivity index (χ1n) is 8.03. The Morgan fingerprint density at radius 2 is 2.20 bits per heavy atom. The monoisotopic (exact) mass is 275 g/mol. The average Bonchev–Trinajstić information content (AvgIpc) is 2.48. The fourth-order valence-corrected chi connectivity index (χ4v) is 3.31. The van der Waals surface area contributed by atoms with Gasteiger partial charge in [-0.1, -0.05) is 19.4 Å². The predicted octanol–water partition coefficient (Wildman–Crippen LogP) is 2.71. The van der Waals surface area contributed by atoms with Crippen LogP contribution in [0.2, 0.25) is 0 Å². The van der Waals surface area contributed by atoms with Gasteiger partial charge in [0.25, 0.3) is 0 Å². The average molecular weight is 275 g/mol. The molecular weight excluding hydrogens is 246 g/mol. The first-order valence-corrected chi connectivity index (χ1v) is 8.03. The van der Waals surface area contributed by atoms with Crippen LogP contribution in [0.15, 0.2) is 24.4 Å². The number of hydrogen-bond acceptors (Lipinski definition) is 3. The van der Waals surface area contributed by atoms with E-state index in [-0.39, 0.29) is 0 Å². The maximum atomic E-state index is 6.31. The van der Waals surface area contributed by atoms with E-state index in [0.29, 0.717) is 12.0 Å². The summed E-state index contributed by atoms with van der Waals surface area (Å²) in [5.41, 5.74) is 7.49. The van der Waals surface area contributed by atoms with Gasteiger partial charge in [0.1, 0.15) is 0 Å². The molecule has 3 nitrogen and oxygen atoms in total. The van der Waals surface area contributed by atoms with Crippen molar-refractivity contribution in [2.75, 3.05) is 20.1 Å². The third-order valence-corrected chi connectivity index (χ3v) is 4.75.